The number of hydrogen-bond acceptors (Lipinski definition) is 2. The van der Waals surface area contributed by atoms with Gasteiger partial charge in [0.25, 0.3) is 0 Å². The van der Waals surface area contributed by atoms with Gasteiger partial charge in [-0.05, 0) is 24.6 Å². The normalized spacial score (nSPS) is 9.14. The Morgan fingerprint density at radius 3 is 2.86 bits per heavy atom. The van der Waals surface area contributed by atoms with Gasteiger partial charge in [-0.2, -0.15) is 0 Å². The first-order chi connectivity index (χ1) is 6.80. The summed E-state index contributed by atoms with van der Waals surface area (Å²) >= 11 is 0. The summed E-state index contributed by atoms with van der Waals surface area (Å²) in [6, 6.07) is 5.10. The first-order valence-corrected chi connectivity index (χ1v) is 4.50. The molecule has 14 heavy (non-hydrogen) atoms. The minimum absolute atomic E-state index is 0.548. The second kappa shape index (κ2) is 5.08. The molecule has 0 aliphatic carbocycles. The van der Waals surface area contributed by atoms with Crippen LogP contribution in [0.5, 0.6) is 5.75 Å². The lowest BCUT2D eigenvalue weighted by Crippen LogP contribution is -1.96. The largest absolute Gasteiger partial charge is 0.494 e. The fourth-order valence-corrected chi connectivity index (χ4v) is 1.08. The summed E-state index contributed by atoms with van der Waals surface area (Å²) in [5, 5.41) is 0. The average molecular weight is 188 g/mol. The highest BCUT2D eigenvalue weighted by molar-refractivity contribution is 5.76. The fraction of sp³-hybridized carbons (Fsp3) is 0.250. The van der Waals surface area contributed by atoms with Crippen LogP contribution in [-0.2, 0) is 0 Å². The molecule has 0 amide bonds. The van der Waals surface area contributed by atoms with Gasteiger partial charge in [0, 0.05) is 11.1 Å². The van der Waals surface area contributed by atoms with Crippen LogP contribution in [0.3, 0.4) is 0 Å². The Morgan fingerprint density at radius 2 is 2.29 bits per heavy atom. The van der Waals surface area contributed by atoms with Crippen molar-refractivity contribution in [1.82, 2.24) is 0 Å². The number of aldehydes is 1. The molecule has 0 bridgehead atoms. The van der Waals surface area contributed by atoms with E-state index in [1.165, 1.54) is 0 Å². The number of rotatable bonds is 4. The van der Waals surface area contributed by atoms with Gasteiger partial charge in [-0.25, -0.2) is 0 Å². The standard InChI is InChI=1S/C12H12O2/c1-3-5-14-12-7-10(4-2)6-11(8-12)9-13/h2,6-9H,3,5H2,1H3. The van der Waals surface area contributed by atoms with Crippen molar-refractivity contribution in [3.8, 4) is 18.1 Å². The van der Waals surface area contributed by atoms with Crippen molar-refractivity contribution < 1.29 is 9.53 Å². The molecule has 0 N–H and O–H groups in total. The molecule has 2 heteroatoms. The van der Waals surface area contributed by atoms with Crippen molar-refractivity contribution in [2.24, 2.45) is 0 Å². The number of carbonyl (C=O) groups is 1. The molecule has 2 nitrogen and oxygen atoms in total. The third kappa shape index (κ3) is 2.63. The van der Waals surface area contributed by atoms with Gasteiger partial charge >= 0.3 is 0 Å². The van der Waals surface area contributed by atoms with E-state index in [1.54, 1.807) is 18.2 Å². The van der Waals surface area contributed by atoms with E-state index in [9.17, 15) is 4.79 Å². The van der Waals surface area contributed by atoms with E-state index in [-0.39, 0.29) is 0 Å². The number of benzene rings is 1. The third-order valence-corrected chi connectivity index (χ3v) is 1.70. The highest BCUT2D eigenvalue weighted by Crippen LogP contribution is 2.15. The molecule has 0 heterocycles. The minimum atomic E-state index is 0.548. The third-order valence-electron chi connectivity index (χ3n) is 1.70. The monoisotopic (exact) mass is 188 g/mol. The van der Waals surface area contributed by atoms with E-state index in [2.05, 4.69) is 5.92 Å². The maximum atomic E-state index is 10.6. The van der Waals surface area contributed by atoms with Crippen LogP contribution in [-0.4, -0.2) is 12.9 Å². The summed E-state index contributed by atoms with van der Waals surface area (Å²) in [5.41, 5.74) is 1.22. The van der Waals surface area contributed by atoms with Crippen LogP contribution in [0.1, 0.15) is 29.3 Å². The highest BCUT2D eigenvalue weighted by Gasteiger charge is 1.99. The van der Waals surface area contributed by atoms with E-state index in [1.807, 2.05) is 6.92 Å². The van der Waals surface area contributed by atoms with E-state index in [0.29, 0.717) is 23.5 Å². The Bertz CT molecular complexity index is 361. The molecule has 0 spiro atoms. The van der Waals surface area contributed by atoms with Crippen LogP contribution in [0.15, 0.2) is 18.2 Å². The number of hydrogen-bond donors (Lipinski definition) is 0. The predicted molar refractivity (Wildman–Crippen MR) is 55.6 cm³/mol. The van der Waals surface area contributed by atoms with Crippen LogP contribution >= 0.6 is 0 Å². The van der Waals surface area contributed by atoms with Crippen molar-refractivity contribution in [2.45, 2.75) is 13.3 Å². The van der Waals surface area contributed by atoms with Crippen LogP contribution in [0.25, 0.3) is 0 Å². The molecule has 72 valence electrons. The first-order valence-electron chi connectivity index (χ1n) is 4.50. The van der Waals surface area contributed by atoms with Gasteiger partial charge < -0.3 is 4.74 Å². The second-order valence-electron chi connectivity index (χ2n) is 2.90. The van der Waals surface area contributed by atoms with E-state index in [0.717, 1.165) is 12.7 Å². The highest BCUT2D eigenvalue weighted by atomic mass is 16.5. The molecule has 1 rings (SSSR count). The minimum Gasteiger partial charge on any atom is -0.494 e. The van der Waals surface area contributed by atoms with E-state index in [4.69, 9.17) is 11.2 Å². The lowest BCUT2D eigenvalue weighted by molar-refractivity contribution is 0.112. The van der Waals surface area contributed by atoms with Crippen molar-refractivity contribution in [2.75, 3.05) is 6.61 Å². The summed E-state index contributed by atoms with van der Waals surface area (Å²) in [6.45, 7) is 2.65. The van der Waals surface area contributed by atoms with Crippen molar-refractivity contribution in [3.63, 3.8) is 0 Å². The summed E-state index contributed by atoms with van der Waals surface area (Å²) < 4.78 is 5.39. The molecule has 0 fully saturated rings. The predicted octanol–water partition coefficient (Wildman–Crippen LogP) is 2.27. The Morgan fingerprint density at radius 1 is 1.50 bits per heavy atom. The quantitative estimate of drug-likeness (QED) is 0.535. The maximum absolute atomic E-state index is 10.6. The Labute approximate surface area is 83.9 Å². The molecule has 0 aromatic heterocycles. The van der Waals surface area contributed by atoms with Gasteiger partial charge in [0.1, 0.15) is 12.0 Å². The SMILES string of the molecule is C#Cc1cc(C=O)cc(OCCC)c1. The Kier molecular flexibility index (Phi) is 3.75. The van der Waals surface area contributed by atoms with Crippen molar-refractivity contribution >= 4 is 6.29 Å². The van der Waals surface area contributed by atoms with Gasteiger partial charge in [0.2, 0.25) is 0 Å². The zero-order chi connectivity index (χ0) is 10.4. The zero-order valence-corrected chi connectivity index (χ0v) is 8.12. The molecule has 0 unspecified atom stereocenters. The zero-order valence-electron chi connectivity index (χ0n) is 8.12. The number of ether oxygens (including phenoxy) is 1. The van der Waals surface area contributed by atoms with Crippen LogP contribution in [0.4, 0.5) is 0 Å². The lowest BCUT2D eigenvalue weighted by Gasteiger charge is -2.05. The summed E-state index contributed by atoms with van der Waals surface area (Å²) in [6.07, 6.45) is 6.94. The van der Waals surface area contributed by atoms with Crippen LogP contribution in [0, 0.1) is 12.3 Å². The van der Waals surface area contributed by atoms with Crippen LogP contribution < -0.4 is 4.74 Å². The summed E-state index contributed by atoms with van der Waals surface area (Å²) in [5.74, 6) is 3.14. The van der Waals surface area contributed by atoms with Gasteiger partial charge in [-0.15, -0.1) is 6.42 Å². The Balaban J connectivity index is 2.93. The van der Waals surface area contributed by atoms with Crippen molar-refractivity contribution in [3.05, 3.63) is 29.3 Å². The van der Waals surface area contributed by atoms with E-state index < -0.39 is 0 Å². The average Bonchev–Trinajstić information content (AvgIpc) is 2.25. The topological polar surface area (TPSA) is 26.3 Å². The fourth-order valence-electron chi connectivity index (χ4n) is 1.08. The van der Waals surface area contributed by atoms with Gasteiger partial charge in [-0.3, -0.25) is 4.79 Å². The first kappa shape index (κ1) is 10.3. The molecule has 0 saturated heterocycles. The number of carbonyl (C=O) groups excluding carboxylic acids is 1. The molecule has 0 aliphatic heterocycles. The maximum Gasteiger partial charge on any atom is 0.150 e. The second-order valence-corrected chi connectivity index (χ2v) is 2.90. The van der Waals surface area contributed by atoms with Gasteiger partial charge in [-0.1, -0.05) is 12.8 Å². The molecule has 0 radical (unpaired) electrons. The smallest absolute Gasteiger partial charge is 0.150 e. The summed E-state index contributed by atoms with van der Waals surface area (Å²) in [7, 11) is 0. The van der Waals surface area contributed by atoms with Crippen molar-refractivity contribution in [1.29, 1.82) is 0 Å². The molecule has 1 aromatic carbocycles. The Hall–Kier alpha value is -1.75. The summed E-state index contributed by atoms with van der Waals surface area (Å²) in [4.78, 5) is 10.6. The van der Waals surface area contributed by atoms with Gasteiger partial charge in [0.15, 0.2) is 0 Å². The number of terminal acetylenes is 1. The molecule has 0 saturated carbocycles. The molecular weight excluding hydrogens is 176 g/mol. The molecular formula is C12H12O2. The molecule has 0 atom stereocenters. The van der Waals surface area contributed by atoms with E-state index >= 15 is 0 Å². The van der Waals surface area contributed by atoms with Crippen LogP contribution in [0.2, 0.25) is 0 Å². The molecule has 0 aliphatic rings. The van der Waals surface area contributed by atoms with Gasteiger partial charge in [0.05, 0.1) is 6.61 Å². The lowest BCUT2D eigenvalue weighted by atomic mass is 10.1. The molecule has 1 aromatic rings.